The van der Waals surface area contributed by atoms with Gasteiger partial charge in [0.05, 0.1) is 18.9 Å². The van der Waals surface area contributed by atoms with Crippen LogP contribution in [0, 0.1) is 5.92 Å². The lowest BCUT2D eigenvalue weighted by Gasteiger charge is -2.21. The molecule has 1 aliphatic carbocycles. The fourth-order valence-electron chi connectivity index (χ4n) is 2.12. The summed E-state index contributed by atoms with van der Waals surface area (Å²) in [7, 11) is 0. The number of H-pyrrole nitrogens is 1. The number of anilines is 1. The van der Waals surface area contributed by atoms with Gasteiger partial charge in [-0.15, -0.1) is 0 Å². The van der Waals surface area contributed by atoms with Crippen LogP contribution >= 0.6 is 0 Å². The van der Waals surface area contributed by atoms with Crippen molar-refractivity contribution in [3.05, 3.63) is 22.7 Å². The second kappa shape index (κ2) is 6.83. The van der Waals surface area contributed by atoms with Crippen molar-refractivity contribution in [1.82, 2.24) is 9.97 Å². The largest absolute Gasteiger partial charge is 0.466 e. The molecule has 108 valence electrons. The average Bonchev–Trinajstić information content (AvgIpc) is 2.46. The minimum Gasteiger partial charge on any atom is -0.466 e. The Bertz CT molecular complexity index is 543. The first kappa shape index (κ1) is 14.2. The predicted octanol–water partition coefficient (Wildman–Crippen LogP) is 1.29. The van der Waals surface area contributed by atoms with Gasteiger partial charge in [-0.1, -0.05) is 0 Å². The normalized spacial score (nSPS) is 18.4. The zero-order valence-electron chi connectivity index (χ0n) is 11.4. The van der Waals surface area contributed by atoms with Gasteiger partial charge in [0.2, 0.25) is 0 Å². The minimum absolute atomic E-state index is 0.0217. The van der Waals surface area contributed by atoms with Crippen molar-refractivity contribution in [3.63, 3.8) is 0 Å². The molecule has 0 bridgehead atoms. The third kappa shape index (κ3) is 3.91. The number of nitrogens with one attached hydrogen (secondary N) is 2. The molecule has 1 aromatic heterocycles. The Balaban J connectivity index is 1.86. The maximum Gasteiger partial charge on any atom is 0.308 e. The number of ether oxygens (including phenoxy) is 1. The van der Waals surface area contributed by atoms with Crippen molar-refractivity contribution < 1.29 is 9.53 Å². The van der Waals surface area contributed by atoms with Gasteiger partial charge in [-0.25, -0.2) is 4.98 Å². The molecule has 1 fully saturated rings. The number of nitrogens with zero attached hydrogens (tertiary/aromatic N) is 2. The molecule has 7 nitrogen and oxygen atoms in total. The first-order valence-electron chi connectivity index (χ1n) is 6.72. The molecule has 1 saturated carbocycles. The van der Waals surface area contributed by atoms with Gasteiger partial charge in [-0.2, -0.15) is 5.10 Å². The molecule has 1 heterocycles. The lowest BCUT2D eigenvalue weighted by molar-refractivity contribution is -0.148. The van der Waals surface area contributed by atoms with E-state index in [0.29, 0.717) is 12.4 Å². The van der Waals surface area contributed by atoms with Crippen LogP contribution in [0.1, 0.15) is 32.6 Å². The maximum atomic E-state index is 11.6. The Kier molecular flexibility index (Phi) is 4.86. The van der Waals surface area contributed by atoms with E-state index in [1.165, 1.54) is 12.4 Å². The molecular weight excluding hydrogens is 260 g/mol. The van der Waals surface area contributed by atoms with Crippen molar-refractivity contribution >= 4 is 17.5 Å². The summed E-state index contributed by atoms with van der Waals surface area (Å²) in [4.78, 5) is 29.1. The molecule has 2 N–H and O–H groups in total. The molecule has 1 aliphatic rings. The van der Waals surface area contributed by atoms with Crippen LogP contribution in [0.25, 0.3) is 0 Å². The van der Waals surface area contributed by atoms with Crippen LogP contribution in [0.5, 0.6) is 0 Å². The van der Waals surface area contributed by atoms with E-state index in [4.69, 9.17) is 4.74 Å². The number of hydrogen-bond donors (Lipinski definition) is 2. The summed E-state index contributed by atoms with van der Waals surface area (Å²) in [6.07, 6.45) is 4.33. The van der Waals surface area contributed by atoms with Gasteiger partial charge < -0.3 is 9.72 Å². The van der Waals surface area contributed by atoms with Crippen LogP contribution in [0.4, 0.5) is 5.82 Å². The Labute approximate surface area is 116 Å². The standard InChI is InChI=1S/C13H18N4O3/c1-2-20-13(19)9-3-5-10(6-4-9)16-17-11-7-12(18)15-8-14-11/h7-9H,2-6H2,1H3,(H2,14,15,17,18). The van der Waals surface area contributed by atoms with Gasteiger partial charge in [0, 0.05) is 11.8 Å². The van der Waals surface area contributed by atoms with Gasteiger partial charge >= 0.3 is 5.97 Å². The molecule has 0 atom stereocenters. The van der Waals surface area contributed by atoms with E-state index in [2.05, 4.69) is 20.5 Å². The molecule has 1 aromatic rings. The summed E-state index contributed by atoms with van der Waals surface area (Å²) in [6, 6.07) is 1.34. The second-order valence-corrected chi connectivity index (χ2v) is 4.61. The van der Waals surface area contributed by atoms with Crippen LogP contribution in [0.3, 0.4) is 0 Å². The Morgan fingerprint density at radius 2 is 2.30 bits per heavy atom. The van der Waals surface area contributed by atoms with Crippen LogP contribution < -0.4 is 11.0 Å². The van der Waals surface area contributed by atoms with E-state index in [1.54, 1.807) is 0 Å². The fourth-order valence-corrected chi connectivity index (χ4v) is 2.12. The number of hydrogen-bond acceptors (Lipinski definition) is 6. The Hall–Kier alpha value is -2.18. The van der Waals surface area contributed by atoms with Crippen LogP contribution in [0.15, 0.2) is 22.3 Å². The highest BCUT2D eigenvalue weighted by atomic mass is 16.5. The number of carbonyl (C=O) groups excluding carboxylic acids is 1. The highest BCUT2D eigenvalue weighted by molar-refractivity contribution is 5.87. The number of rotatable bonds is 4. The smallest absolute Gasteiger partial charge is 0.308 e. The fraction of sp³-hybridized carbons (Fsp3) is 0.538. The van der Waals surface area contributed by atoms with Crippen LogP contribution in [0.2, 0.25) is 0 Å². The number of aromatic amines is 1. The first-order chi connectivity index (χ1) is 9.69. The third-order valence-corrected chi connectivity index (χ3v) is 3.19. The monoisotopic (exact) mass is 278 g/mol. The van der Waals surface area contributed by atoms with Crippen molar-refractivity contribution in [2.45, 2.75) is 32.6 Å². The van der Waals surface area contributed by atoms with Gasteiger partial charge in [-0.3, -0.25) is 15.0 Å². The predicted molar refractivity (Wildman–Crippen MR) is 74.5 cm³/mol. The Morgan fingerprint density at radius 1 is 1.55 bits per heavy atom. The summed E-state index contributed by atoms with van der Waals surface area (Å²) in [6.45, 7) is 2.23. The summed E-state index contributed by atoms with van der Waals surface area (Å²) < 4.78 is 5.02. The minimum atomic E-state index is -0.228. The van der Waals surface area contributed by atoms with Crippen molar-refractivity contribution in [3.8, 4) is 0 Å². The van der Waals surface area contributed by atoms with E-state index in [0.717, 1.165) is 31.4 Å². The Morgan fingerprint density at radius 3 is 2.95 bits per heavy atom. The van der Waals surface area contributed by atoms with E-state index >= 15 is 0 Å². The lowest BCUT2D eigenvalue weighted by Crippen LogP contribution is -2.24. The number of hydrazone groups is 1. The number of carbonyl (C=O) groups is 1. The molecule has 0 amide bonds. The molecule has 2 rings (SSSR count). The van der Waals surface area contributed by atoms with Gasteiger partial charge in [0.1, 0.15) is 0 Å². The molecular formula is C13H18N4O3. The third-order valence-electron chi connectivity index (χ3n) is 3.19. The van der Waals surface area contributed by atoms with Crippen molar-refractivity contribution in [2.24, 2.45) is 11.0 Å². The van der Waals surface area contributed by atoms with E-state index in [9.17, 15) is 9.59 Å². The maximum absolute atomic E-state index is 11.6. The topological polar surface area (TPSA) is 96.4 Å². The van der Waals surface area contributed by atoms with Crippen LogP contribution in [-0.4, -0.2) is 28.3 Å². The molecule has 7 heteroatoms. The SMILES string of the molecule is CCOC(=O)C1CCC(=NNc2cc(=O)[nH]cn2)CC1. The molecule has 20 heavy (non-hydrogen) atoms. The van der Waals surface area contributed by atoms with Gasteiger partial charge in [0.25, 0.3) is 5.56 Å². The molecule has 0 aliphatic heterocycles. The molecule has 0 spiro atoms. The lowest BCUT2D eigenvalue weighted by atomic mass is 9.88. The molecule has 0 aromatic carbocycles. The van der Waals surface area contributed by atoms with E-state index < -0.39 is 0 Å². The zero-order valence-corrected chi connectivity index (χ0v) is 11.4. The van der Waals surface area contributed by atoms with Crippen LogP contribution in [-0.2, 0) is 9.53 Å². The number of esters is 1. The van der Waals surface area contributed by atoms with Crippen molar-refractivity contribution in [2.75, 3.05) is 12.0 Å². The first-order valence-corrected chi connectivity index (χ1v) is 6.72. The summed E-state index contributed by atoms with van der Waals surface area (Å²) in [5.41, 5.74) is 3.52. The summed E-state index contributed by atoms with van der Waals surface area (Å²) in [5.74, 6) is 0.274. The highest BCUT2D eigenvalue weighted by Crippen LogP contribution is 2.23. The van der Waals surface area contributed by atoms with E-state index in [1.807, 2.05) is 6.92 Å². The highest BCUT2D eigenvalue weighted by Gasteiger charge is 2.24. The summed E-state index contributed by atoms with van der Waals surface area (Å²) >= 11 is 0. The van der Waals surface area contributed by atoms with Gasteiger partial charge in [-0.05, 0) is 32.6 Å². The quantitative estimate of drug-likeness (QED) is 0.639. The number of aromatic nitrogens is 2. The average molecular weight is 278 g/mol. The van der Waals surface area contributed by atoms with E-state index in [-0.39, 0.29) is 17.4 Å². The zero-order chi connectivity index (χ0) is 14.4. The molecule has 0 radical (unpaired) electrons. The van der Waals surface area contributed by atoms with Crippen molar-refractivity contribution in [1.29, 1.82) is 0 Å². The summed E-state index contributed by atoms with van der Waals surface area (Å²) in [5, 5.41) is 4.23. The molecule has 0 saturated heterocycles. The van der Waals surface area contributed by atoms with Gasteiger partial charge in [0.15, 0.2) is 5.82 Å². The molecule has 0 unspecified atom stereocenters. The second-order valence-electron chi connectivity index (χ2n) is 4.61.